The summed E-state index contributed by atoms with van der Waals surface area (Å²) in [5.74, 6) is -1.87. The Morgan fingerprint density at radius 2 is 2.08 bits per heavy atom. The van der Waals surface area contributed by atoms with Gasteiger partial charge in [-0.15, -0.1) is 11.8 Å². The lowest BCUT2D eigenvalue weighted by Crippen LogP contribution is -2.63. The van der Waals surface area contributed by atoms with E-state index in [1.807, 2.05) is 6.92 Å². The Morgan fingerprint density at radius 3 is 2.68 bits per heavy atom. The highest BCUT2D eigenvalue weighted by Crippen LogP contribution is 2.52. The Labute approximate surface area is 218 Å². The molecule has 0 bridgehead atoms. The van der Waals surface area contributed by atoms with Crippen LogP contribution in [0, 0.1) is 22.0 Å². The van der Waals surface area contributed by atoms with Crippen LogP contribution in [0.4, 0.5) is 5.69 Å². The number of hydrogen-bond donors (Lipinski definition) is 4. The molecule has 0 saturated carbocycles. The van der Waals surface area contributed by atoms with Crippen LogP contribution >= 0.6 is 11.8 Å². The molecule has 5 N–H and O–H groups in total. The molecule has 0 radical (unpaired) electrons. The van der Waals surface area contributed by atoms with Crippen LogP contribution in [0.5, 0.6) is 0 Å². The summed E-state index contributed by atoms with van der Waals surface area (Å²) >= 11 is 1.44. The van der Waals surface area contributed by atoms with Crippen LogP contribution in [0.3, 0.4) is 0 Å². The van der Waals surface area contributed by atoms with Gasteiger partial charge in [-0.2, -0.15) is 8.42 Å². The van der Waals surface area contributed by atoms with Crippen LogP contribution in [0.25, 0.3) is 0 Å². The van der Waals surface area contributed by atoms with Gasteiger partial charge in [0.25, 0.3) is 15.9 Å². The molecule has 3 aliphatic rings. The van der Waals surface area contributed by atoms with E-state index in [9.17, 15) is 33.2 Å². The number of amides is 1. The maximum Gasteiger partial charge on any atom is 0.356 e. The molecule has 3 heterocycles. The van der Waals surface area contributed by atoms with Gasteiger partial charge in [0.15, 0.2) is 0 Å². The molecular formula is C22H29N5O8S2. The first kappa shape index (κ1) is 27.5. The second-order valence-electron chi connectivity index (χ2n) is 9.44. The minimum absolute atomic E-state index is 0.000929. The van der Waals surface area contributed by atoms with Crippen LogP contribution in [0.15, 0.2) is 34.9 Å². The quantitative estimate of drug-likeness (QED) is 0.132. The molecular weight excluding hydrogens is 526 g/mol. The van der Waals surface area contributed by atoms with Crippen LogP contribution < -0.4 is 15.2 Å². The molecule has 1 aromatic rings. The molecule has 6 atom stereocenters. The van der Waals surface area contributed by atoms with Crippen molar-refractivity contribution >= 4 is 39.5 Å². The third-order valence-corrected chi connectivity index (χ3v) is 8.91. The van der Waals surface area contributed by atoms with Gasteiger partial charge in [-0.1, -0.05) is 6.92 Å². The average Bonchev–Trinajstić information content (AvgIpc) is 3.37. The molecule has 0 unspecified atom stereocenters. The zero-order chi connectivity index (χ0) is 27.1. The van der Waals surface area contributed by atoms with Crippen molar-refractivity contribution in [3.8, 4) is 0 Å². The molecule has 0 spiro atoms. The molecule has 2 saturated heterocycles. The van der Waals surface area contributed by atoms with Crippen molar-refractivity contribution in [1.29, 1.82) is 0 Å². The van der Waals surface area contributed by atoms with Crippen molar-refractivity contribution in [2.45, 2.75) is 50.3 Å². The number of thioether (sulfide) groups is 1. The highest BCUT2D eigenvalue weighted by molar-refractivity contribution is 8.03. The number of benzene rings is 1. The number of β-lactam (4-membered cyclic amide) rings is 1. The first-order valence-corrected chi connectivity index (χ1v) is 14.1. The number of non-ortho nitro benzene ring substituents is 1. The number of hydrogen-bond acceptors (Lipinski definition) is 10. The van der Waals surface area contributed by atoms with Crippen LogP contribution in [-0.4, -0.2) is 71.8 Å². The van der Waals surface area contributed by atoms with Crippen molar-refractivity contribution in [1.82, 2.24) is 14.9 Å². The van der Waals surface area contributed by atoms with Gasteiger partial charge in [-0.3, -0.25) is 14.9 Å². The number of carbonyl (C=O) groups is 2. The number of nitro benzene ring substituents is 1. The van der Waals surface area contributed by atoms with Gasteiger partial charge in [0.1, 0.15) is 12.3 Å². The zero-order valence-electron chi connectivity index (χ0n) is 20.2. The van der Waals surface area contributed by atoms with Gasteiger partial charge in [-0.25, -0.2) is 14.7 Å². The first-order valence-electron chi connectivity index (χ1n) is 11.7. The third-order valence-electron chi connectivity index (χ3n) is 6.83. The normalized spacial score (nSPS) is 28.2. The van der Waals surface area contributed by atoms with Gasteiger partial charge >= 0.3 is 5.97 Å². The highest BCUT2D eigenvalue weighted by atomic mass is 32.2. The van der Waals surface area contributed by atoms with E-state index in [0.717, 1.165) is 0 Å². The van der Waals surface area contributed by atoms with Crippen LogP contribution in [-0.2, 0) is 31.1 Å². The largest absolute Gasteiger partial charge is 0.456 e. The number of nitrogens with one attached hydrogen (secondary N) is 2. The molecule has 0 aromatic heterocycles. The average molecular weight is 556 g/mol. The van der Waals surface area contributed by atoms with Gasteiger partial charge in [0, 0.05) is 47.3 Å². The molecule has 0 aliphatic carbocycles. The lowest BCUT2D eigenvalue weighted by molar-refractivity contribution is -0.384. The molecule has 1 amide bonds. The zero-order valence-corrected chi connectivity index (χ0v) is 21.8. The lowest BCUT2D eigenvalue weighted by atomic mass is 9.79. The second-order valence-corrected chi connectivity index (χ2v) is 12.2. The monoisotopic (exact) mass is 555 g/mol. The van der Waals surface area contributed by atoms with E-state index in [1.165, 1.54) is 40.9 Å². The minimum Gasteiger partial charge on any atom is -0.456 e. The Hall–Kier alpha value is -2.56. The molecule has 1 aromatic carbocycles. The fourth-order valence-corrected chi connectivity index (χ4v) is 6.97. The molecule has 4 rings (SSSR count). The summed E-state index contributed by atoms with van der Waals surface area (Å²) in [5.41, 5.74) is 0.623. The maximum atomic E-state index is 13.2. The number of nitro groups is 1. The minimum atomic E-state index is -3.81. The molecule has 202 valence electrons. The Bertz CT molecular complexity index is 1220. The van der Waals surface area contributed by atoms with E-state index >= 15 is 0 Å². The van der Waals surface area contributed by atoms with Gasteiger partial charge in [0.2, 0.25) is 5.91 Å². The molecule has 3 aliphatic heterocycles. The van der Waals surface area contributed by atoms with E-state index < -0.39 is 33.1 Å². The van der Waals surface area contributed by atoms with Gasteiger partial charge in [0.05, 0.1) is 23.0 Å². The molecule has 15 heteroatoms. The number of aliphatic hydroxyl groups excluding tert-OH is 1. The summed E-state index contributed by atoms with van der Waals surface area (Å²) in [6.45, 7) is 4.01. The maximum absolute atomic E-state index is 13.2. The number of nitrogens with two attached hydrogens (primary N) is 1. The van der Waals surface area contributed by atoms with Crippen molar-refractivity contribution in [2.75, 3.05) is 13.1 Å². The van der Waals surface area contributed by atoms with Crippen LogP contribution in [0.1, 0.15) is 25.8 Å². The summed E-state index contributed by atoms with van der Waals surface area (Å²) in [6.07, 6.45) is -0.271. The first-order chi connectivity index (χ1) is 17.4. The summed E-state index contributed by atoms with van der Waals surface area (Å²) in [5, 5.41) is 29.3. The number of aliphatic hydroxyl groups is 1. The number of carbonyl (C=O) groups excluding carboxylic acids is 2. The number of ether oxygens (including phenoxy) is 1. The summed E-state index contributed by atoms with van der Waals surface area (Å²) in [7, 11) is -3.81. The summed E-state index contributed by atoms with van der Waals surface area (Å²) in [4.78, 5) is 38.6. The van der Waals surface area contributed by atoms with E-state index in [-0.39, 0.29) is 53.7 Å². The fourth-order valence-electron chi connectivity index (χ4n) is 5.02. The molecule has 13 nitrogen and oxygen atoms in total. The molecule has 37 heavy (non-hydrogen) atoms. The van der Waals surface area contributed by atoms with Crippen molar-refractivity contribution in [3.05, 3.63) is 50.5 Å². The van der Waals surface area contributed by atoms with Crippen molar-refractivity contribution in [2.24, 2.45) is 17.0 Å². The predicted octanol–water partition coefficient (Wildman–Crippen LogP) is -0.0361. The van der Waals surface area contributed by atoms with E-state index in [4.69, 9.17) is 9.88 Å². The summed E-state index contributed by atoms with van der Waals surface area (Å²) < 4.78 is 30.2. The van der Waals surface area contributed by atoms with Gasteiger partial charge in [-0.05, 0) is 31.0 Å². The SMILES string of the molecule is C[C@@H](O)[C@H]1C(=O)N2C(C(=O)OCc3ccc([N+](=O)[O-])cc3)=C(S[C@@H]3CN[C@H](CNS(N)(=O)=O)C3)[C@H](C)[C@H]12. The molecule has 2 fully saturated rings. The topological polar surface area (TPSA) is 194 Å². The number of rotatable bonds is 10. The second kappa shape index (κ2) is 10.7. The Kier molecular flexibility index (Phi) is 7.92. The van der Waals surface area contributed by atoms with Crippen LogP contribution in [0.2, 0.25) is 0 Å². The van der Waals surface area contributed by atoms with E-state index in [1.54, 1.807) is 6.92 Å². The standard InChI is InChI=1S/C22H29N5O8S2/c1-11-18-17(12(2)28)21(29)26(18)19(22(30)35-10-13-3-5-15(6-4-13)27(31)32)20(11)36-16-7-14(24-9-16)8-25-37(23,33)34/h3-6,11-12,14,16-18,24-25,28H,7-10H2,1-2H3,(H2,23,33,34)/t11-,12-,14+,16+,17-,18-/m1/s1. The number of esters is 1. The predicted molar refractivity (Wildman–Crippen MR) is 134 cm³/mol. The Morgan fingerprint density at radius 1 is 1.41 bits per heavy atom. The Balaban J connectivity index is 1.50. The van der Waals surface area contributed by atoms with E-state index in [0.29, 0.717) is 23.4 Å². The van der Waals surface area contributed by atoms with E-state index in [2.05, 4.69) is 10.0 Å². The number of fused-ring (bicyclic) bond motifs is 1. The third kappa shape index (κ3) is 5.81. The summed E-state index contributed by atoms with van der Waals surface area (Å²) in [6, 6.07) is 5.11. The fraction of sp³-hybridized carbons (Fsp3) is 0.545. The van der Waals surface area contributed by atoms with Gasteiger partial charge < -0.3 is 20.1 Å². The smallest absolute Gasteiger partial charge is 0.356 e. The highest BCUT2D eigenvalue weighted by Gasteiger charge is 2.60. The van der Waals surface area contributed by atoms with Crippen molar-refractivity contribution < 1.29 is 32.8 Å². The van der Waals surface area contributed by atoms with Crippen molar-refractivity contribution in [3.63, 3.8) is 0 Å². The number of nitrogens with zero attached hydrogens (tertiary/aromatic N) is 2. The lowest BCUT2D eigenvalue weighted by Gasteiger charge is -2.46.